The van der Waals surface area contributed by atoms with Crippen LogP contribution in [0, 0.1) is 0 Å². The molecular formula is C16H27NO. The standard InChI is InChI=1S/C16H27NO/c1-4-6-12-17(13-7-5-2)16-10-8-15(9-11-16)14(3)18/h8-11,14,18H,4-7,12-13H2,1-3H3. The van der Waals surface area contributed by atoms with Crippen LogP contribution in [-0.2, 0) is 0 Å². The van der Waals surface area contributed by atoms with Gasteiger partial charge in [-0.1, -0.05) is 38.8 Å². The van der Waals surface area contributed by atoms with Crippen LogP contribution >= 0.6 is 0 Å². The van der Waals surface area contributed by atoms with Crippen molar-refractivity contribution in [3.8, 4) is 0 Å². The van der Waals surface area contributed by atoms with Crippen LogP contribution in [0.3, 0.4) is 0 Å². The molecule has 1 atom stereocenters. The molecule has 0 saturated heterocycles. The second kappa shape index (κ2) is 8.15. The summed E-state index contributed by atoms with van der Waals surface area (Å²) in [5.41, 5.74) is 2.27. The van der Waals surface area contributed by atoms with E-state index in [1.165, 1.54) is 31.4 Å². The third-order valence-corrected chi connectivity index (χ3v) is 3.30. The molecule has 1 N–H and O–H groups in total. The van der Waals surface area contributed by atoms with Gasteiger partial charge in [-0.2, -0.15) is 0 Å². The van der Waals surface area contributed by atoms with E-state index in [0.717, 1.165) is 18.7 Å². The molecule has 2 heteroatoms. The van der Waals surface area contributed by atoms with E-state index >= 15 is 0 Å². The highest BCUT2D eigenvalue weighted by Gasteiger charge is 2.06. The van der Waals surface area contributed by atoms with E-state index in [0.29, 0.717) is 0 Å². The van der Waals surface area contributed by atoms with Crippen molar-refractivity contribution in [3.05, 3.63) is 29.8 Å². The molecule has 0 amide bonds. The van der Waals surface area contributed by atoms with Crippen LogP contribution in [0.15, 0.2) is 24.3 Å². The molecular weight excluding hydrogens is 222 g/mol. The molecule has 1 unspecified atom stereocenters. The fraction of sp³-hybridized carbons (Fsp3) is 0.625. The molecule has 0 fully saturated rings. The lowest BCUT2D eigenvalue weighted by Gasteiger charge is -2.25. The summed E-state index contributed by atoms with van der Waals surface area (Å²) in [7, 11) is 0. The van der Waals surface area contributed by atoms with Crippen molar-refractivity contribution >= 4 is 5.69 Å². The molecule has 0 aromatic heterocycles. The monoisotopic (exact) mass is 249 g/mol. The number of hydrogen-bond acceptors (Lipinski definition) is 2. The second-order valence-corrected chi connectivity index (χ2v) is 4.96. The molecule has 0 saturated carbocycles. The Kier molecular flexibility index (Phi) is 6.81. The van der Waals surface area contributed by atoms with Crippen molar-refractivity contribution < 1.29 is 5.11 Å². The molecule has 1 aromatic carbocycles. The lowest BCUT2D eigenvalue weighted by atomic mass is 10.1. The Morgan fingerprint density at radius 3 is 1.89 bits per heavy atom. The summed E-state index contributed by atoms with van der Waals surface area (Å²) in [5, 5.41) is 9.52. The molecule has 102 valence electrons. The van der Waals surface area contributed by atoms with Gasteiger partial charge in [0.2, 0.25) is 0 Å². The van der Waals surface area contributed by atoms with E-state index in [1.807, 2.05) is 12.1 Å². The van der Waals surface area contributed by atoms with Crippen molar-refractivity contribution in [2.45, 2.75) is 52.6 Å². The van der Waals surface area contributed by atoms with E-state index in [4.69, 9.17) is 0 Å². The first kappa shape index (κ1) is 15.0. The Labute approximate surface area is 112 Å². The van der Waals surface area contributed by atoms with E-state index < -0.39 is 0 Å². The summed E-state index contributed by atoms with van der Waals surface area (Å²) in [4.78, 5) is 2.46. The van der Waals surface area contributed by atoms with Crippen LogP contribution in [0.4, 0.5) is 5.69 Å². The van der Waals surface area contributed by atoms with Crippen LogP contribution in [-0.4, -0.2) is 18.2 Å². The molecule has 1 aromatic rings. The van der Waals surface area contributed by atoms with E-state index in [1.54, 1.807) is 6.92 Å². The predicted octanol–water partition coefficient (Wildman–Crippen LogP) is 4.15. The first-order valence-corrected chi connectivity index (χ1v) is 7.22. The molecule has 0 heterocycles. The van der Waals surface area contributed by atoms with Gasteiger partial charge in [0.15, 0.2) is 0 Å². The SMILES string of the molecule is CCCCN(CCCC)c1ccc(C(C)O)cc1. The fourth-order valence-corrected chi connectivity index (χ4v) is 2.03. The molecule has 0 aliphatic rings. The average Bonchev–Trinajstić information content (AvgIpc) is 2.39. The van der Waals surface area contributed by atoms with Crippen molar-refractivity contribution in [2.75, 3.05) is 18.0 Å². The first-order chi connectivity index (χ1) is 8.69. The largest absolute Gasteiger partial charge is 0.389 e. The number of rotatable bonds is 8. The number of benzene rings is 1. The van der Waals surface area contributed by atoms with Crippen molar-refractivity contribution in [2.24, 2.45) is 0 Å². The Hall–Kier alpha value is -1.02. The van der Waals surface area contributed by atoms with Gasteiger partial charge in [-0.3, -0.25) is 0 Å². The minimum atomic E-state index is -0.376. The summed E-state index contributed by atoms with van der Waals surface area (Å²) in [6.45, 7) is 8.53. The van der Waals surface area contributed by atoms with Gasteiger partial charge < -0.3 is 10.0 Å². The second-order valence-electron chi connectivity index (χ2n) is 4.96. The van der Waals surface area contributed by atoms with E-state index in [2.05, 4.69) is 30.9 Å². The van der Waals surface area contributed by atoms with Gasteiger partial charge in [0.05, 0.1) is 6.10 Å². The summed E-state index contributed by atoms with van der Waals surface area (Å²) in [6, 6.07) is 8.33. The fourth-order valence-electron chi connectivity index (χ4n) is 2.03. The molecule has 2 nitrogen and oxygen atoms in total. The number of aliphatic hydroxyl groups is 1. The summed E-state index contributed by atoms with van der Waals surface area (Å²) in [6.07, 6.45) is 4.56. The van der Waals surface area contributed by atoms with Crippen LogP contribution in [0.2, 0.25) is 0 Å². The molecule has 18 heavy (non-hydrogen) atoms. The van der Waals surface area contributed by atoms with Gasteiger partial charge in [-0.15, -0.1) is 0 Å². The van der Waals surface area contributed by atoms with Crippen LogP contribution in [0.5, 0.6) is 0 Å². The predicted molar refractivity (Wildman–Crippen MR) is 79.1 cm³/mol. The molecule has 0 aliphatic carbocycles. The van der Waals surface area contributed by atoms with Gasteiger partial charge in [-0.25, -0.2) is 0 Å². The quantitative estimate of drug-likeness (QED) is 0.748. The number of hydrogen-bond donors (Lipinski definition) is 1. The lowest BCUT2D eigenvalue weighted by Crippen LogP contribution is -2.25. The number of aliphatic hydroxyl groups excluding tert-OH is 1. The highest BCUT2D eigenvalue weighted by molar-refractivity contribution is 5.47. The zero-order valence-corrected chi connectivity index (χ0v) is 12.0. The van der Waals surface area contributed by atoms with Crippen molar-refractivity contribution in [1.29, 1.82) is 0 Å². The normalized spacial score (nSPS) is 12.4. The van der Waals surface area contributed by atoms with Gasteiger partial charge in [0, 0.05) is 18.8 Å². The maximum atomic E-state index is 9.52. The van der Waals surface area contributed by atoms with E-state index in [-0.39, 0.29) is 6.10 Å². The van der Waals surface area contributed by atoms with Gasteiger partial charge in [-0.05, 0) is 37.5 Å². The maximum absolute atomic E-state index is 9.52. The Balaban J connectivity index is 2.70. The zero-order chi connectivity index (χ0) is 13.4. The maximum Gasteiger partial charge on any atom is 0.0761 e. The number of unbranched alkanes of at least 4 members (excludes halogenated alkanes) is 2. The molecule has 0 radical (unpaired) electrons. The third-order valence-electron chi connectivity index (χ3n) is 3.30. The first-order valence-electron chi connectivity index (χ1n) is 7.22. The highest BCUT2D eigenvalue weighted by Crippen LogP contribution is 2.20. The highest BCUT2D eigenvalue weighted by atomic mass is 16.3. The average molecular weight is 249 g/mol. The zero-order valence-electron chi connectivity index (χ0n) is 12.0. The molecule has 0 aliphatic heterocycles. The number of nitrogens with zero attached hydrogens (tertiary/aromatic N) is 1. The topological polar surface area (TPSA) is 23.5 Å². The third kappa shape index (κ3) is 4.69. The van der Waals surface area contributed by atoms with Crippen molar-refractivity contribution in [3.63, 3.8) is 0 Å². The number of anilines is 1. The Morgan fingerprint density at radius 1 is 1.00 bits per heavy atom. The minimum absolute atomic E-state index is 0.376. The summed E-state index contributed by atoms with van der Waals surface area (Å²) in [5.74, 6) is 0. The molecule has 0 bridgehead atoms. The van der Waals surface area contributed by atoms with Gasteiger partial charge >= 0.3 is 0 Å². The molecule has 0 spiro atoms. The molecule has 1 rings (SSSR count). The smallest absolute Gasteiger partial charge is 0.0761 e. The Morgan fingerprint density at radius 2 is 1.50 bits per heavy atom. The summed E-state index contributed by atoms with van der Waals surface area (Å²) >= 11 is 0. The van der Waals surface area contributed by atoms with Gasteiger partial charge in [0.1, 0.15) is 0 Å². The van der Waals surface area contributed by atoms with Crippen LogP contribution < -0.4 is 4.90 Å². The lowest BCUT2D eigenvalue weighted by molar-refractivity contribution is 0.199. The van der Waals surface area contributed by atoms with Crippen LogP contribution in [0.25, 0.3) is 0 Å². The van der Waals surface area contributed by atoms with Crippen molar-refractivity contribution in [1.82, 2.24) is 0 Å². The minimum Gasteiger partial charge on any atom is -0.389 e. The summed E-state index contributed by atoms with van der Waals surface area (Å²) < 4.78 is 0. The van der Waals surface area contributed by atoms with E-state index in [9.17, 15) is 5.11 Å². The van der Waals surface area contributed by atoms with Gasteiger partial charge in [0.25, 0.3) is 0 Å². The van der Waals surface area contributed by atoms with Crippen LogP contribution in [0.1, 0.15) is 58.1 Å². The Bertz CT molecular complexity index is 310.